The van der Waals surface area contributed by atoms with E-state index < -0.39 is 0 Å². The number of rotatable bonds is 10. The maximum atomic E-state index is 5.78. The maximum absolute atomic E-state index is 5.78. The topological polar surface area (TPSA) is 30.5 Å². The van der Waals surface area contributed by atoms with Crippen molar-refractivity contribution in [3.63, 3.8) is 0 Å². The van der Waals surface area contributed by atoms with Crippen molar-refractivity contribution in [1.82, 2.24) is 5.32 Å². The first-order chi connectivity index (χ1) is 9.63. The predicted molar refractivity (Wildman–Crippen MR) is 84.6 cm³/mol. The molecule has 0 heterocycles. The van der Waals surface area contributed by atoms with Crippen molar-refractivity contribution in [1.29, 1.82) is 0 Å². The number of hydrogen-bond acceptors (Lipinski definition) is 3. The van der Waals surface area contributed by atoms with Gasteiger partial charge in [0, 0.05) is 12.0 Å². The molecule has 20 heavy (non-hydrogen) atoms. The maximum Gasteiger partial charge on any atom is 0.119 e. The first-order valence-corrected chi connectivity index (χ1v) is 7.24. The Labute approximate surface area is 123 Å². The molecule has 1 unspecified atom stereocenters. The fourth-order valence-corrected chi connectivity index (χ4v) is 1.89. The molecule has 1 N–H and O–H groups in total. The summed E-state index contributed by atoms with van der Waals surface area (Å²) in [5.41, 5.74) is 0.0711. The van der Waals surface area contributed by atoms with E-state index in [-0.39, 0.29) is 5.41 Å². The van der Waals surface area contributed by atoms with Gasteiger partial charge in [-0.25, -0.2) is 0 Å². The molecule has 1 rings (SSSR count). The molecule has 0 aliphatic carbocycles. The van der Waals surface area contributed by atoms with Crippen LogP contribution in [-0.4, -0.2) is 26.8 Å². The number of ether oxygens (including phenoxy) is 2. The number of nitrogens with one attached hydrogen (secondary N) is 1. The molecule has 0 aromatic heterocycles. The zero-order valence-electron chi connectivity index (χ0n) is 12.9. The van der Waals surface area contributed by atoms with Gasteiger partial charge in [-0.15, -0.1) is 6.58 Å². The van der Waals surface area contributed by atoms with E-state index in [2.05, 4.69) is 25.7 Å². The molecule has 1 atom stereocenters. The third-order valence-electron chi connectivity index (χ3n) is 3.45. The van der Waals surface area contributed by atoms with Crippen LogP contribution in [-0.2, 0) is 0 Å². The van der Waals surface area contributed by atoms with E-state index in [1.165, 1.54) is 0 Å². The van der Waals surface area contributed by atoms with Crippen molar-refractivity contribution in [2.45, 2.75) is 26.7 Å². The molecule has 1 aromatic rings. The summed E-state index contributed by atoms with van der Waals surface area (Å²) in [5, 5.41) is 3.45. The molecular formula is C17H27NO2. The molecule has 0 amide bonds. The lowest BCUT2D eigenvalue weighted by molar-refractivity contribution is 0.244. The van der Waals surface area contributed by atoms with Crippen LogP contribution in [0.2, 0.25) is 0 Å². The molecule has 1 aromatic carbocycles. The molecule has 0 aliphatic heterocycles. The summed E-state index contributed by atoms with van der Waals surface area (Å²) in [5.74, 6) is 1.72. The van der Waals surface area contributed by atoms with Gasteiger partial charge in [0.1, 0.15) is 11.5 Å². The number of benzene rings is 1. The minimum absolute atomic E-state index is 0.0711. The lowest BCUT2D eigenvalue weighted by atomic mass is 9.87. The molecule has 0 aliphatic rings. The molecule has 0 spiro atoms. The van der Waals surface area contributed by atoms with E-state index in [1.54, 1.807) is 7.11 Å². The molecule has 0 saturated carbocycles. The van der Waals surface area contributed by atoms with Crippen molar-refractivity contribution in [2.75, 3.05) is 26.8 Å². The quantitative estimate of drug-likeness (QED) is 0.523. The Bertz CT molecular complexity index is 388. The first kappa shape index (κ1) is 16.6. The zero-order chi connectivity index (χ0) is 14.8. The van der Waals surface area contributed by atoms with Crippen LogP contribution in [0.1, 0.15) is 26.7 Å². The fraction of sp³-hybridized carbons (Fsp3) is 0.529. The van der Waals surface area contributed by atoms with Crippen molar-refractivity contribution >= 4 is 0 Å². The van der Waals surface area contributed by atoms with Crippen LogP contribution in [0.4, 0.5) is 0 Å². The number of methoxy groups -OCH3 is 1. The van der Waals surface area contributed by atoms with Crippen molar-refractivity contribution < 1.29 is 9.47 Å². The van der Waals surface area contributed by atoms with Crippen LogP contribution in [0, 0.1) is 5.41 Å². The summed E-state index contributed by atoms with van der Waals surface area (Å²) in [7, 11) is 1.66. The largest absolute Gasteiger partial charge is 0.497 e. The van der Waals surface area contributed by atoms with Gasteiger partial charge in [-0.1, -0.05) is 19.9 Å². The molecular weight excluding hydrogens is 250 g/mol. The molecule has 0 radical (unpaired) electrons. The molecule has 3 heteroatoms. The average molecular weight is 277 g/mol. The van der Waals surface area contributed by atoms with Crippen LogP contribution in [0.3, 0.4) is 0 Å². The normalized spacial score (nSPS) is 13.6. The monoisotopic (exact) mass is 277 g/mol. The lowest BCUT2D eigenvalue weighted by Crippen LogP contribution is -2.32. The van der Waals surface area contributed by atoms with Crippen molar-refractivity contribution in [3.8, 4) is 11.5 Å². The van der Waals surface area contributed by atoms with E-state index in [1.807, 2.05) is 30.3 Å². The Hall–Kier alpha value is -1.48. The molecule has 0 bridgehead atoms. The van der Waals surface area contributed by atoms with Crippen LogP contribution in [0.15, 0.2) is 36.9 Å². The van der Waals surface area contributed by atoms with Gasteiger partial charge in [-0.05, 0) is 43.7 Å². The van der Waals surface area contributed by atoms with Gasteiger partial charge in [-0.3, -0.25) is 0 Å². The van der Waals surface area contributed by atoms with Crippen LogP contribution in [0.25, 0.3) is 0 Å². The SMILES string of the molecule is C=CC(C)(CCOc1ccc(OC)cc1)CNCCC. The highest BCUT2D eigenvalue weighted by Gasteiger charge is 2.19. The van der Waals surface area contributed by atoms with E-state index in [0.717, 1.165) is 37.4 Å². The Morgan fingerprint density at radius 2 is 1.90 bits per heavy atom. The Kier molecular flexibility index (Phi) is 7.16. The van der Waals surface area contributed by atoms with E-state index >= 15 is 0 Å². The van der Waals surface area contributed by atoms with Gasteiger partial charge in [-0.2, -0.15) is 0 Å². The standard InChI is InChI=1S/C17H27NO2/c1-5-12-18-14-17(3,6-2)11-13-20-16-9-7-15(19-4)8-10-16/h6-10,18H,2,5,11-14H2,1,3-4H3. The minimum atomic E-state index is 0.0711. The lowest BCUT2D eigenvalue weighted by Gasteiger charge is -2.26. The molecule has 0 saturated heterocycles. The van der Waals surface area contributed by atoms with Gasteiger partial charge in [0.05, 0.1) is 13.7 Å². The highest BCUT2D eigenvalue weighted by Crippen LogP contribution is 2.23. The summed E-state index contributed by atoms with van der Waals surface area (Å²) in [6, 6.07) is 7.68. The Balaban J connectivity index is 2.37. The highest BCUT2D eigenvalue weighted by molar-refractivity contribution is 5.31. The van der Waals surface area contributed by atoms with Crippen molar-refractivity contribution in [3.05, 3.63) is 36.9 Å². The van der Waals surface area contributed by atoms with Crippen LogP contribution < -0.4 is 14.8 Å². The average Bonchev–Trinajstić information content (AvgIpc) is 2.48. The summed E-state index contributed by atoms with van der Waals surface area (Å²) < 4.78 is 10.9. The van der Waals surface area contributed by atoms with Gasteiger partial charge in [0.2, 0.25) is 0 Å². The highest BCUT2D eigenvalue weighted by atomic mass is 16.5. The number of hydrogen-bond donors (Lipinski definition) is 1. The third kappa shape index (κ3) is 5.66. The van der Waals surface area contributed by atoms with Gasteiger partial charge >= 0.3 is 0 Å². The second kappa shape index (κ2) is 8.64. The summed E-state index contributed by atoms with van der Waals surface area (Å²) >= 11 is 0. The van der Waals surface area contributed by atoms with E-state index in [9.17, 15) is 0 Å². The summed E-state index contributed by atoms with van der Waals surface area (Å²) in [4.78, 5) is 0. The van der Waals surface area contributed by atoms with Crippen LogP contribution >= 0.6 is 0 Å². The fourth-order valence-electron chi connectivity index (χ4n) is 1.89. The smallest absolute Gasteiger partial charge is 0.119 e. The first-order valence-electron chi connectivity index (χ1n) is 7.24. The second-order valence-electron chi connectivity index (χ2n) is 5.31. The van der Waals surface area contributed by atoms with E-state index in [4.69, 9.17) is 9.47 Å². The van der Waals surface area contributed by atoms with E-state index in [0.29, 0.717) is 6.61 Å². The summed E-state index contributed by atoms with van der Waals surface area (Å²) in [6.07, 6.45) is 4.11. The zero-order valence-corrected chi connectivity index (χ0v) is 12.9. The molecule has 3 nitrogen and oxygen atoms in total. The predicted octanol–water partition coefficient (Wildman–Crippen LogP) is 3.66. The second-order valence-corrected chi connectivity index (χ2v) is 5.31. The molecule has 112 valence electrons. The Morgan fingerprint density at radius 3 is 2.45 bits per heavy atom. The Morgan fingerprint density at radius 1 is 1.25 bits per heavy atom. The molecule has 0 fully saturated rings. The summed E-state index contributed by atoms with van der Waals surface area (Å²) in [6.45, 7) is 11.0. The van der Waals surface area contributed by atoms with Gasteiger partial charge < -0.3 is 14.8 Å². The van der Waals surface area contributed by atoms with Gasteiger partial charge in [0.15, 0.2) is 0 Å². The third-order valence-corrected chi connectivity index (χ3v) is 3.45. The van der Waals surface area contributed by atoms with Crippen LogP contribution in [0.5, 0.6) is 11.5 Å². The van der Waals surface area contributed by atoms with Crippen molar-refractivity contribution in [2.24, 2.45) is 5.41 Å². The minimum Gasteiger partial charge on any atom is -0.497 e. The van der Waals surface area contributed by atoms with Gasteiger partial charge in [0.25, 0.3) is 0 Å².